The fourth-order valence-corrected chi connectivity index (χ4v) is 3.72. The lowest BCUT2D eigenvalue weighted by molar-refractivity contribution is -0.132. The van der Waals surface area contributed by atoms with E-state index in [9.17, 15) is 9.59 Å². The molecule has 1 atom stereocenters. The molecule has 0 aliphatic carbocycles. The topological polar surface area (TPSA) is 55.9 Å². The number of benzene rings is 1. The van der Waals surface area contributed by atoms with Crippen molar-refractivity contribution in [2.75, 3.05) is 57.3 Å². The van der Waals surface area contributed by atoms with Crippen molar-refractivity contribution >= 4 is 29.1 Å². The van der Waals surface area contributed by atoms with Crippen LogP contribution in [0.25, 0.3) is 0 Å². The minimum Gasteiger partial charge on any atom is -0.354 e. The van der Waals surface area contributed by atoms with E-state index in [2.05, 4.69) is 22.0 Å². The first kappa shape index (κ1) is 19.1. The first-order valence-corrected chi connectivity index (χ1v) is 9.75. The summed E-state index contributed by atoms with van der Waals surface area (Å²) in [4.78, 5) is 31.5. The van der Waals surface area contributed by atoms with Gasteiger partial charge in [-0.1, -0.05) is 18.5 Å². The maximum atomic E-state index is 12.6. The molecule has 2 amide bonds. The number of halogens is 1. The molecule has 6 nitrogen and oxygen atoms in total. The summed E-state index contributed by atoms with van der Waals surface area (Å²) in [5.41, 5.74) is 0.795. The van der Waals surface area contributed by atoms with Gasteiger partial charge in [-0.3, -0.25) is 14.5 Å². The highest BCUT2D eigenvalue weighted by atomic mass is 35.5. The first-order chi connectivity index (χ1) is 12.6. The van der Waals surface area contributed by atoms with E-state index in [1.165, 1.54) is 0 Å². The third-order valence-corrected chi connectivity index (χ3v) is 5.55. The Labute approximate surface area is 160 Å². The zero-order valence-electron chi connectivity index (χ0n) is 15.3. The van der Waals surface area contributed by atoms with Crippen LogP contribution in [0.1, 0.15) is 13.3 Å². The van der Waals surface area contributed by atoms with E-state index < -0.39 is 5.92 Å². The number of hydrogen-bond acceptors (Lipinski definition) is 4. The number of hydrogen-bond donors (Lipinski definition) is 1. The summed E-state index contributed by atoms with van der Waals surface area (Å²) >= 11 is 5.90. The Morgan fingerprint density at radius 3 is 2.42 bits per heavy atom. The van der Waals surface area contributed by atoms with Gasteiger partial charge in [-0.05, 0) is 37.2 Å². The van der Waals surface area contributed by atoms with Gasteiger partial charge in [0.25, 0.3) is 0 Å². The van der Waals surface area contributed by atoms with Gasteiger partial charge >= 0.3 is 0 Å². The number of rotatable bonds is 6. The molecule has 3 rings (SSSR count). The van der Waals surface area contributed by atoms with E-state index in [-0.39, 0.29) is 11.8 Å². The minimum atomic E-state index is -0.581. The molecule has 0 radical (unpaired) electrons. The molecular weight excluding hydrogens is 352 g/mol. The number of nitrogens with zero attached hydrogens (tertiary/aromatic N) is 3. The molecule has 0 spiro atoms. The van der Waals surface area contributed by atoms with Crippen molar-refractivity contribution in [2.45, 2.75) is 13.3 Å². The van der Waals surface area contributed by atoms with Gasteiger partial charge in [0.2, 0.25) is 11.8 Å². The second-order valence-corrected chi connectivity index (χ2v) is 7.31. The van der Waals surface area contributed by atoms with Crippen molar-refractivity contribution in [1.82, 2.24) is 15.1 Å². The van der Waals surface area contributed by atoms with Gasteiger partial charge in [0.05, 0.1) is 0 Å². The van der Waals surface area contributed by atoms with Crippen molar-refractivity contribution in [2.24, 2.45) is 5.92 Å². The van der Waals surface area contributed by atoms with Crippen LogP contribution in [0.2, 0.25) is 5.02 Å². The summed E-state index contributed by atoms with van der Waals surface area (Å²) in [6.45, 7) is 9.52. The summed E-state index contributed by atoms with van der Waals surface area (Å²) < 4.78 is 0. The molecule has 0 aromatic heterocycles. The first-order valence-electron chi connectivity index (χ1n) is 9.38. The van der Waals surface area contributed by atoms with Gasteiger partial charge in [0.1, 0.15) is 5.92 Å². The predicted octanol–water partition coefficient (Wildman–Crippen LogP) is 1.45. The fourth-order valence-electron chi connectivity index (χ4n) is 3.59. The van der Waals surface area contributed by atoms with E-state index in [1.54, 1.807) is 17.0 Å². The molecule has 0 unspecified atom stereocenters. The van der Waals surface area contributed by atoms with Crippen molar-refractivity contribution in [3.05, 3.63) is 29.3 Å². The number of nitrogens with one attached hydrogen (secondary N) is 1. The Morgan fingerprint density at radius 1 is 1.12 bits per heavy atom. The molecule has 2 fully saturated rings. The van der Waals surface area contributed by atoms with Gasteiger partial charge in [0.15, 0.2) is 0 Å². The van der Waals surface area contributed by atoms with Crippen LogP contribution in [-0.4, -0.2) is 74.0 Å². The van der Waals surface area contributed by atoms with Crippen LogP contribution in [0.15, 0.2) is 24.3 Å². The number of anilines is 1. The molecule has 2 aliphatic heterocycles. The van der Waals surface area contributed by atoms with Gasteiger partial charge in [-0.25, -0.2) is 0 Å². The third-order valence-electron chi connectivity index (χ3n) is 5.30. The standard InChI is InChI=1S/C19H27ClN4O2/c1-2-22-11-13-23(14-12-22)10-8-21-18(25)17-7-9-24(19(17)26)16-5-3-15(20)4-6-16/h3-6,17H,2,7-14H2,1H3,(H,21,25)/t17-/m0/s1. The fraction of sp³-hybridized carbons (Fsp3) is 0.579. The van der Waals surface area contributed by atoms with Gasteiger partial charge in [0, 0.05) is 56.5 Å². The minimum absolute atomic E-state index is 0.124. The Morgan fingerprint density at radius 2 is 1.77 bits per heavy atom. The van der Waals surface area contributed by atoms with Gasteiger partial charge in [-0.15, -0.1) is 0 Å². The SMILES string of the molecule is CCN1CCN(CCNC(=O)[C@@H]2CCN(c3ccc(Cl)cc3)C2=O)CC1. The van der Waals surface area contributed by atoms with E-state index in [0.29, 0.717) is 24.5 Å². The molecule has 2 aliphatic rings. The number of piperazine rings is 1. The van der Waals surface area contributed by atoms with Crippen LogP contribution in [0, 0.1) is 5.92 Å². The number of carbonyl (C=O) groups is 2. The van der Waals surface area contributed by atoms with E-state index >= 15 is 0 Å². The average Bonchev–Trinajstić information content (AvgIpc) is 3.04. The van der Waals surface area contributed by atoms with Gasteiger partial charge in [-0.2, -0.15) is 0 Å². The Hall–Kier alpha value is -1.63. The van der Waals surface area contributed by atoms with Crippen LogP contribution in [0.3, 0.4) is 0 Å². The van der Waals surface area contributed by atoms with E-state index in [4.69, 9.17) is 11.6 Å². The summed E-state index contributed by atoms with van der Waals surface area (Å²) in [5, 5.41) is 3.58. The molecule has 0 saturated carbocycles. The molecule has 1 aromatic carbocycles. The largest absolute Gasteiger partial charge is 0.354 e. The van der Waals surface area contributed by atoms with Crippen LogP contribution in [0.4, 0.5) is 5.69 Å². The average molecular weight is 379 g/mol. The molecule has 26 heavy (non-hydrogen) atoms. The van der Waals surface area contributed by atoms with Crippen LogP contribution < -0.4 is 10.2 Å². The van der Waals surface area contributed by atoms with Crippen molar-refractivity contribution < 1.29 is 9.59 Å². The summed E-state index contributed by atoms with van der Waals surface area (Å²) in [7, 11) is 0. The second kappa shape index (κ2) is 8.84. The smallest absolute Gasteiger partial charge is 0.239 e. The molecule has 0 bridgehead atoms. The molecular formula is C19H27ClN4O2. The summed E-state index contributed by atoms with van der Waals surface area (Å²) in [6.07, 6.45) is 0.558. The number of amides is 2. The Bertz CT molecular complexity index is 629. The van der Waals surface area contributed by atoms with Crippen molar-refractivity contribution in [3.63, 3.8) is 0 Å². The Balaban J connectivity index is 1.44. The van der Waals surface area contributed by atoms with E-state index in [1.807, 2.05) is 12.1 Å². The lowest BCUT2D eigenvalue weighted by atomic mass is 10.1. The third kappa shape index (κ3) is 4.55. The molecule has 2 heterocycles. The highest BCUT2D eigenvalue weighted by Gasteiger charge is 2.37. The maximum absolute atomic E-state index is 12.6. The zero-order chi connectivity index (χ0) is 18.5. The van der Waals surface area contributed by atoms with Crippen molar-refractivity contribution in [3.8, 4) is 0 Å². The summed E-state index contributed by atoms with van der Waals surface area (Å²) in [6, 6.07) is 7.15. The molecule has 142 valence electrons. The normalized spacial score (nSPS) is 22.0. The maximum Gasteiger partial charge on any atom is 0.239 e. The lowest BCUT2D eigenvalue weighted by Gasteiger charge is -2.34. The molecule has 1 N–H and O–H groups in total. The van der Waals surface area contributed by atoms with Crippen molar-refractivity contribution in [1.29, 1.82) is 0 Å². The van der Waals surface area contributed by atoms with E-state index in [0.717, 1.165) is 45.0 Å². The quantitative estimate of drug-likeness (QED) is 0.761. The predicted molar refractivity (Wildman–Crippen MR) is 103 cm³/mol. The van der Waals surface area contributed by atoms with Crippen LogP contribution in [-0.2, 0) is 9.59 Å². The van der Waals surface area contributed by atoms with Crippen LogP contribution in [0.5, 0.6) is 0 Å². The second-order valence-electron chi connectivity index (χ2n) is 6.87. The van der Waals surface area contributed by atoms with Crippen LogP contribution >= 0.6 is 11.6 Å². The van der Waals surface area contributed by atoms with Gasteiger partial charge < -0.3 is 15.1 Å². The highest BCUT2D eigenvalue weighted by molar-refractivity contribution is 6.30. The monoisotopic (exact) mass is 378 g/mol. The number of likely N-dealkylation sites (N-methyl/N-ethyl adjacent to an activating group) is 1. The molecule has 2 saturated heterocycles. The molecule has 7 heteroatoms. The number of carbonyl (C=O) groups excluding carboxylic acids is 2. The Kier molecular flexibility index (Phi) is 6.51. The molecule has 1 aromatic rings. The zero-order valence-corrected chi connectivity index (χ0v) is 16.0. The lowest BCUT2D eigenvalue weighted by Crippen LogP contribution is -2.48. The summed E-state index contributed by atoms with van der Waals surface area (Å²) in [5.74, 6) is -0.859. The highest BCUT2D eigenvalue weighted by Crippen LogP contribution is 2.26.